The first kappa shape index (κ1) is 13.1. The van der Waals surface area contributed by atoms with E-state index in [9.17, 15) is 0 Å². The van der Waals surface area contributed by atoms with Crippen LogP contribution in [0.2, 0.25) is 0 Å². The van der Waals surface area contributed by atoms with Gasteiger partial charge < -0.3 is 5.73 Å². The number of nitrogens with two attached hydrogens (primary N) is 1. The van der Waals surface area contributed by atoms with Gasteiger partial charge in [0, 0.05) is 16.6 Å². The topological polar surface area (TPSA) is 29.3 Å². The van der Waals surface area contributed by atoms with Gasteiger partial charge in [-0.25, -0.2) is 0 Å². The van der Waals surface area contributed by atoms with Crippen molar-refractivity contribution in [3.8, 4) is 0 Å². The second kappa shape index (κ2) is 5.98. The van der Waals surface area contributed by atoms with Crippen molar-refractivity contribution in [2.75, 3.05) is 13.1 Å². The number of hydrogen-bond donors (Lipinski definition) is 1. The second-order valence-electron chi connectivity index (χ2n) is 4.81. The molecule has 1 aromatic carbocycles. The molecule has 2 atom stereocenters. The summed E-state index contributed by atoms with van der Waals surface area (Å²) in [7, 11) is 0. The Hall–Kier alpha value is -0.380. The third-order valence-corrected chi connectivity index (χ3v) is 4.15. The number of rotatable bonds is 4. The predicted octanol–water partition coefficient (Wildman–Crippen LogP) is 3.32. The van der Waals surface area contributed by atoms with Gasteiger partial charge in [-0.05, 0) is 50.0 Å². The number of likely N-dealkylation sites (tertiary alicyclic amines) is 1. The molecule has 17 heavy (non-hydrogen) atoms. The minimum Gasteiger partial charge on any atom is -0.326 e. The fraction of sp³-hybridized carbons (Fsp3) is 0.571. The summed E-state index contributed by atoms with van der Waals surface area (Å²) in [5, 5.41) is 0. The molecule has 1 aliphatic heterocycles. The Morgan fingerprint density at radius 3 is 2.35 bits per heavy atom. The minimum atomic E-state index is 0.231. The summed E-state index contributed by atoms with van der Waals surface area (Å²) < 4.78 is 1.13. The van der Waals surface area contributed by atoms with E-state index < -0.39 is 0 Å². The summed E-state index contributed by atoms with van der Waals surface area (Å²) in [5.74, 6) is 0. The lowest BCUT2D eigenvalue weighted by molar-refractivity contribution is 0.209. The van der Waals surface area contributed by atoms with E-state index >= 15 is 0 Å². The van der Waals surface area contributed by atoms with Gasteiger partial charge in [-0.1, -0.05) is 35.0 Å². The molecule has 3 heteroatoms. The lowest BCUT2D eigenvalue weighted by atomic mass is 9.97. The average Bonchev–Trinajstić information content (AvgIpc) is 2.85. The lowest BCUT2D eigenvalue weighted by Crippen LogP contribution is -2.39. The van der Waals surface area contributed by atoms with Gasteiger partial charge in [0.15, 0.2) is 0 Å². The van der Waals surface area contributed by atoms with Gasteiger partial charge in [-0.3, -0.25) is 4.90 Å². The Morgan fingerprint density at radius 1 is 1.24 bits per heavy atom. The molecule has 1 aliphatic rings. The van der Waals surface area contributed by atoms with Gasteiger partial charge in [-0.2, -0.15) is 0 Å². The highest BCUT2D eigenvalue weighted by Crippen LogP contribution is 2.29. The van der Waals surface area contributed by atoms with Crippen LogP contribution in [0.15, 0.2) is 28.7 Å². The smallest absolute Gasteiger partial charge is 0.0499 e. The predicted molar refractivity (Wildman–Crippen MR) is 76.0 cm³/mol. The Kier molecular flexibility index (Phi) is 4.60. The molecule has 1 aromatic rings. The molecule has 1 fully saturated rings. The van der Waals surface area contributed by atoms with Crippen molar-refractivity contribution in [1.82, 2.24) is 4.90 Å². The molecule has 0 aliphatic carbocycles. The van der Waals surface area contributed by atoms with Crippen LogP contribution in [0.4, 0.5) is 0 Å². The maximum Gasteiger partial charge on any atom is 0.0499 e. The van der Waals surface area contributed by atoms with Crippen LogP contribution in [0.5, 0.6) is 0 Å². The quantitative estimate of drug-likeness (QED) is 0.923. The van der Waals surface area contributed by atoms with Gasteiger partial charge in [0.05, 0.1) is 0 Å². The summed E-state index contributed by atoms with van der Waals surface area (Å²) in [6, 6.07) is 9.23. The molecule has 1 saturated heterocycles. The molecule has 94 valence electrons. The molecular formula is C14H21BrN2. The summed E-state index contributed by atoms with van der Waals surface area (Å²) in [6.45, 7) is 4.55. The molecule has 1 heterocycles. The zero-order valence-electron chi connectivity index (χ0n) is 10.4. The largest absolute Gasteiger partial charge is 0.326 e. The van der Waals surface area contributed by atoms with E-state index in [1.54, 1.807) is 0 Å². The highest BCUT2D eigenvalue weighted by atomic mass is 79.9. The second-order valence-corrected chi connectivity index (χ2v) is 5.73. The van der Waals surface area contributed by atoms with E-state index in [1.807, 2.05) is 0 Å². The minimum absolute atomic E-state index is 0.231. The third kappa shape index (κ3) is 3.09. The van der Waals surface area contributed by atoms with Gasteiger partial charge in [0.25, 0.3) is 0 Å². The highest BCUT2D eigenvalue weighted by molar-refractivity contribution is 9.10. The van der Waals surface area contributed by atoms with Crippen molar-refractivity contribution >= 4 is 15.9 Å². The van der Waals surface area contributed by atoms with Crippen molar-refractivity contribution in [1.29, 1.82) is 0 Å². The molecule has 0 radical (unpaired) electrons. The summed E-state index contributed by atoms with van der Waals surface area (Å²) in [4.78, 5) is 2.54. The van der Waals surface area contributed by atoms with Gasteiger partial charge >= 0.3 is 0 Å². The van der Waals surface area contributed by atoms with Crippen LogP contribution in [0.1, 0.15) is 37.8 Å². The van der Waals surface area contributed by atoms with E-state index in [0.29, 0.717) is 6.04 Å². The third-order valence-electron chi connectivity index (χ3n) is 3.62. The monoisotopic (exact) mass is 296 g/mol. The van der Waals surface area contributed by atoms with Gasteiger partial charge in [-0.15, -0.1) is 0 Å². The molecule has 2 rings (SSSR count). The van der Waals surface area contributed by atoms with Crippen molar-refractivity contribution in [2.45, 2.75) is 38.3 Å². The molecule has 2 N–H and O–H groups in total. The van der Waals surface area contributed by atoms with Crippen molar-refractivity contribution in [3.63, 3.8) is 0 Å². The van der Waals surface area contributed by atoms with Crippen LogP contribution >= 0.6 is 15.9 Å². The molecule has 2 nitrogen and oxygen atoms in total. The lowest BCUT2D eigenvalue weighted by Gasteiger charge is -2.32. The molecule has 0 bridgehead atoms. The maximum absolute atomic E-state index is 6.31. The SMILES string of the molecule is CCC(N)C(c1ccc(Br)cc1)N1CCCC1. The fourth-order valence-electron chi connectivity index (χ4n) is 2.63. The van der Waals surface area contributed by atoms with E-state index in [-0.39, 0.29) is 6.04 Å². The van der Waals surface area contributed by atoms with Crippen molar-refractivity contribution < 1.29 is 0 Å². The van der Waals surface area contributed by atoms with E-state index in [0.717, 1.165) is 10.9 Å². The fourth-order valence-corrected chi connectivity index (χ4v) is 2.90. The average molecular weight is 297 g/mol. The Labute approximate surface area is 112 Å². The Bertz CT molecular complexity index is 344. The summed E-state index contributed by atoms with van der Waals surface area (Å²) in [6.07, 6.45) is 3.64. The Morgan fingerprint density at radius 2 is 1.82 bits per heavy atom. The molecule has 0 aromatic heterocycles. The van der Waals surface area contributed by atoms with Crippen molar-refractivity contribution in [2.24, 2.45) is 5.73 Å². The summed E-state index contributed by atoms with van der Waals surface area (Å²) >= 11 is 3.49. The number of hydrogen-bond acceptors (Lipinski definition) is 2. The highest BCUT2D eigenvalue weighted by Gasteiger charge is 2.27. The Balaban J connectivity index is 2.22. The number of benzene rings is 1. The van der Waals surface area contributed by atoms with Crippen LogP contribution in [0, 0.1) is 0 Å². The normalized spacial score (nSPS) is 20.4. The van der Waals surface area contributed by atoms with Gasteiger partial charge in [0.2, 0.25) is 0 Å². The van der Waals surface area contributed by atoms with E-state index in [1.165, 1.54) is 31.5 Å². The molecule has 0 saturated carbocycles. The zero-order chi connectivity index (χ0) is 12.3. The number of halogens is 1. The van der Waals surface area contributed by atoms with Gasteiger partial charge in [0.1, 0.15) is 0 Å². The van der Waals surface area contributed by atoms with E-state index in [2.05, 4.69) is 52.0 Å². The van der Waals surface area contributed by atoms with Crippen LogP contribution in [0.3, 0.4) is 0 Å². The van der Waals surface area contributed by atoms with Crippen LogP contribution in [0.25, 0.3) is 0 Å². The van der Waals surface area contributed by atoms with E-state index in [4.69, 9.17) is 5.73 Å². The first-order chi connectivity index (χ1) is 8.22. The molecule has 2 unspecified atom stereocenters. The molecule has 0 amide bonds. The van der Waals surface area contributed by atoms with Crippen LogP contribution in [-0.4, -0.2) is 24.0 Å². The first-order valence-electron chi connectivity index (χ1n) is 6.47. The standard InChI is InChI=1S/C14H21BrN2/c1-2-13(16)14(17-9-3-4-10-17)11-5-7-12(15)8-6-11/h5-8,13-14H,2-4,9-10,16H2,1H3. The first-order valence-corrected chi connectivity index (χ1v) is 7.26. The van der Waals surface area contributed by atoms with Crippen LogP contribution < -0.4 is 5.73 Å². The molecular weight excluding hydrogens is 276 g/mol. The molecule has 0 spiro atoms. The maximum atomic E-state index is 6.31. The summed E-state index contributed by atoms with van der Waals surface area (Å²) in [5.41, 5.74) is 7.67. The number of nitrogens with zero attached hydrogens (tertiary/aromatic N) is 1. The zero-order valence-corrected chi connectivity index (χ0v) is 12.0. The van der Waals surface area contributed by atoms with Crippen molar-refractivity contribution in [3.05, 3.63) is 34.3 Å². The van der Waals surface area contributed by atoms with Crippen LogP contribution in [-0.2, 0) is 0 Å².